The highest BCUT2D eigenvalue weighted by molar-refractivity contribution is 5.79. The summed E-state index contributed by atoms with van der Waals surface area (Å²) in [4.78, 5) is 16.4. The van der Waals surface area contributed by atoms with Crippen molar-refractivity contribution in [2.45, 2.75) is 198 Å². The molecule has 0 aromatic rings. The van der Waals surface area contributed by atoms with Gasteiger partial charge in [-0.25, -0.2) is 0 Å². The van der Waals surface area contributed by atoms with E-state index in [2.05, 4.69) is 17.1 Å². The van der Waals surface area contributed by atoms with Crippen LogP contribution >= 0.6 is 0 Å². The molecule has 2 N–H and O–H groups in total. The van der Waals surface area contributed by atoms with Gasteiger partial charge in [0, 0.05) is 24.2 Å². The van der Waals surface area contributed by atoms with Crippen LogP contribution in [0.2, 0.25) is 0 Å². The first-order valence-corrected chi connectivity index (χ1v) is 19.3. The summed E-state index contributed by atoms with van der Waals surface area (Å²) in [7, 11) is 0. The van der Waals surface area contributed by atoms with Crippen molar-refractivity contribution >= 4 is 5.91 Å². The Bertz CT molecular complexity index is 799. The molecule has 42 heavy (non-hydrogen) atoms. The molecule has 240 valence electrons. The number of hydrogen-bond acceptors (Lipinski definition) is 3. The molecule has 0 heterocycles. The summed E-state index contributed by atoms with van der Waals surface area (Å²) in [5.41, 5.74) is 0. The third kappa shape index (κ3) is 7.60. The Kier molecular flexibility index (Phi) is 11.3. The molecule has 0 spiro atoms. The Labute approximate surface area is 258 Å². The summed E-state index contributed by atoms with van der Waals surface area (Å²) in [5.74, 6) is 3.36. The van der Waals surface area contributed by atoms with Crippen LogP contribution < -0.4 is 5.32 Å². The average molecular weight is 583 g/mol. The number of rotatable bonds is 8. The summed E-state index contributed by atoms with van der Waals surface area (Å²) in [6.07, 6.45) is 33.9. The molecule has 6 aliphatic carbocycles. The predicted octanol–water partition coefficient (Wildman–Crippen LogP) is 8.79. The van der Waals surface area contributed by atoms with E-state index >= 15 is 0 Å². The summed E-state index contributed by atoms with van der Waals surface area (Å²) in [6, 6.07) is 3.00. The first-order valence-electron chi connectivity index (χ1n) is 19.3. The van der Waals surface area contributed by atoms with E-state index in [-0.39, 0.29) is 17.7 Å². The summed E-state index contributed by atoms with van der Waals surface area (Å²) in [6.45, 7) is 2.20. The maximum atomic E-state index is 13.3. The van der Waals surface area contributed by atoms with Gasteiger partial charge in [-0.05, 0) is 119 Å². The van der Waals surface area contributed by atoms with Crippen LogP contribution in [0.25, 0.3) is 0 Å². The van der Waals surface area contributed by atoms with Crippen LogP contribution in [0, 0.1) is 35.5 Å². The van der Waals surface area contributed by atoms with Crippen LogP contribution in [-0.4, -0.2) is 46.2 Å². The lowest BCUT2D eigenvalue weighted by molar-refractivity contribution is -0.138. The molecule has 0 radical (unpaired) electrons. The molecular weight excluding hydrogens is 516 g/mol. The van der Waals surface area contributed by atoms with Gasteiger partial charge in [0.2, 0.25) is 5.91 Å². The number of nitrogens with zero attached hydrogens (tertiary/aromatic N) is 1. The van der Waals surface area contributed by atoms with Gasteiger partial charge in [-0.15, -0.1) is 0 Å². The fraction of sp³-hybridized carbons (Fsp3) is 0.974. The Balaban J connectivity index is 0.905. The van der Waals surface area contributed by atoms with Gasteiger partial charge in [0.1, 0.15) is 0 Å². The van der Waals surface area contributed by atoms with E-state index in [9.17, 15) is 9.90 Å². The van der Waals surface area contributed by atoms with Gasteiger partial charge in [0.25, 0.3) is 0 Å². The van der Waals surface area contributed by atoms with Crippen molar-refractivity contribution in [3.8, 4) is 0 Å². The molecule has 4 heteroatoms. The Morgan fingerprint density at radius 1 is 0.643 bits per heavy atom. The van der Waals surface area contributed by atoms with Gasteiger partial charge in [-0.2, -0.15) is 0 Å². The highest BCUT2D eigenvalue weighted by Gasteiger charge is 2.45. The average Bonchev–Trinajstić information content (AvgIpc) is 3.04. The Morgan fingerprint density at radius 3 is 1.74 bits per heavy atom. The van der Waals surface area contributed by atoms with Gasteiger partial charge < -0.3 is 10.4 Å². The molecule has 1 amide bonds. The van der Waals surface area contributed by atoms with E-state index in [1.807, 2.05) is 0 Å². The van der Waals surface area contributed by atoms with Gasteiger partial charge in [0.05, 0.1) is 12.0 Å². The smallest absolute Gasteiger partial charge is 0.225 e. The molecule has 6 fully saturated rings. The Morgan fingerprint density at radius 2 is 1.14 bits per heavy atom. The molecule has 5 atom stereocenters. The van der Waals surface area contributed by atoms with Gasteiger partial charge >= 0.3 is 0 Å². The van der Waals surface area contributed by atoms with Crippen LogP contribution in [0.4, 0.5) is 0 Å². The zero-order valence-electron chi connectivity index (χ0n) is 27.3. The molecule has 0 bridgehead atoms. The van der Waals surface area contributed by atoms with Gasteiger partial charge in [0.15, 0.2) is 0 Å². The molecule has 0 aromatic heterocycles. The van der Waals surface area contributed by atoms with E-state index in [1.54, 1.807) is 0 Å². The SMILES string of the molecule is CC1C(O)C(C(=O)NC2CCC(CCC3CCC(N(C4CCCCC4)C4CCCCC4)CC3)CC2)CC2CCCCC21. The number of hydrogen-bond donors (Lipinski definition) is 2. The second kappa shape index (κ2) is 15.1. The van der Waals surface area contributed by atoms with Crippen LogP contribution in [-0.2, 0) is 4.79 Å². The maximum Gasteiger partial charge on any atom is 0.225 e. The minimum absolute atomic E-state index is 0.161. The first-order chi connectivity index (χ1) is 20.6. The minimum Gasteiger partial charge on any atom is -0.392 e. The normalized spacial score (nSPS) is 40.9. The monoisotopic (exact) mass is 583 g/mol. The Hall–Kier alpha value is -0.610. The highest BCUT2D eigenvalue weighted by atomic mass is 16.3. The number of fused-ring (bicyclic) bond motifs is 1. The highest BCUT2D eigenvalue weighted by Crippen LogP contribution is 2.46. The predicted molar refractivity (Wildman–Crippen MR) is 173 cm³/mol. The van der Waals surface area contributed by atoms with Crippen LogP contribution in [0.3, 0.4) is 0 Å². The fourth-order valence-corrected chi connectivity index (χ4v) is 11.3. The molecule has 6 rings (SSSR count). The van der Waals surface area contributed by atoms with Gasteiger partial charge in [-0.1, -0.05) is 77.6 Å². The molecule has 4 nitrogen and oxygen atoms in total. The van der Waals surface area contributed by atoms with Crippen molar-refractivity contribution in [1.82, 2.24) is 10.2 Å². The van der Waals surface area contributed by atoms with E-state index in [0.29, 0.717) is 17.9 Å². The zero-order chi connectivity index (χ0) is 28.9. The standard InChI is InChI=1S/C38H66N2O2/c1-27-35-15-9-8-10-30(35)26-36(37(27)41)38(42)39-31-22-18-28(19-23-31)16-17-29-20-24-34(25-21-29)40(32-11-4-2-5-12-32)33-13-6-3-7-14-33/h27-37,41H,2-26H2,1H3,(H,39,42). The third-order valence-corrected chi connectivity index (χ3v) is 13.9. The van der Waals surface area contributed by atoms with Crippen molar-refractivity contribution in [2.24, 2.45) is 35.5 Å². The van der Waals surface area contributed by atoms with E-state index in [4.69, 9.17) is 0 Å². The van der Waals surface area contributed by atoms with Crippen molar-refractivity contribution in [2.75, 3.05) is 0 Å². The topological polar surface area (TPSA) is 52.6 Å². The molecule has 0 saturated heterocycles. The molecule has 0 aliphatic heterocycles. The van der Waals surface area contributed by atoms with Gasteiger partial charge in [-0.3, -0.25) is 9.69 Å². The molecule has 0 aromatic carbocycles. The molecular formula is C38H66N2O2. The number of carbonyl (C=O) groups excluding carboxylic acids is 1. The lowest BCUT2D eigenvalue weighted by Crippen LogP contribution is -2.52. The van der Waals surface area contributed by atoms with Crippen molar-refractivity contribution in [1.29, 1.82) is 0 Å². The van der Waals surface area contributed by atoms with Crippen LogP contribution in [0.5, 0.6) is 0 Å². The lowest BCUT2D eigenvalue weighted by atomic mass is 9.61. The maximum absolute atomic E-state index is 13.3. The zero-order valence-corrected chi connectivity index (χ0v) is 27.3. The number of nitrogens with one attached hydrogen (secondary N) is 1. The number of aliphatic hydroxyl groups excluding tert-OH is 1. The fourth-order valence-electron chi connectivity index (χ4n) is 11.3. The second-order valence-corrected chi connectivity index (χ2v) is 16.4. The lowest BCUT2D eigenvalue weighted by Gasteiger charge is -2.48. The van der Waals surface area contributed by atoms with Crippen LogP contribution in [0.1, 0.15) is 167 Å². The molecule has 6 saturated carbocycles. The largest absolute Gasteiger partial charge is 0.392 e. The van der Waals surface area contributed by atoms with E-state index < -0.39 is 6.10 Å². The second-order valence-electron chi connectivity index (χ2n) is 16.4. The first kappa shape index (κ1) is 31.4. The van der Waals surface area contributed by atoms with Crippen molar-refractivity contribution in [3.63, 3.8) is 0 Å². The van der Waals surface area contributed by atoms with Crippen molar-refractivity contribution < 1.29 is 9.90 Å². The summed E-state index contributed by atoms with van der Waals surface area (Å²) in [5, 5.41) is 14.5. The van der Waals surface area contributed by atoms with E-state index in [1.165, 1.54) is 141 Å². The van der Waals surface area contributed by atoms with Crippen molar-refractivity contribution in [3.05, 3.63) is 0 Å². The quantitative estimate of drug-likeness (QED) is 0.301. The molecule has 5 unspecified atom stereocenters. The third-order valence-electron chi connectivity index (χ3n) is 13.9. The minimum atomic E-state index is -0.451. The number of amides is 1. The summed E-state index contributed by atoms with van der Waals surface area (Å²) >= 11 is 0. The van der Waals surface area contributed by atoms with E-state index in [0.717, 1.165) is 49.2 Å². The van der Waals surface area contributed by atoms with Crippen LogP contribution in [0.15, 0.2) is 0 Å². The molecule has 6 aliphatic rings. The number of aliphatic hydroxyl groups is 1. The summed E-state index contributed by atoms with van der Waals surface area (Å²) < 4.78 is 0. The number of carbonyl (C=O) groups is 1.